The predicted octanol–water partition coefficient (Wildman–Crippen LogP) is 0.823. The van der Waals surface area contributed by atoms with E-state index in [1.54, 1.807) is 24.5 Å². The average Bonchev–Trinajstić information content (AvgIpc) is 2.39. The molecule has 2 N–H and O–H groups in total. The van der Waals surface area contributed by atoms with Crippen molar-refractivity contribution in [3.63, 3.8) is 0 Å². The Hall–Kier alpha value is -2.08. The molecule has 88 valence electrons. The molecule has 0 radical (unpaired) electrons. The van der Waals surface area contributed by atoms with Crippen LogP contribution in [0.3, 0.4) is 0 Å². The SMILES string of the molecule is CC(NCc1ccc(O)nn1)c1ncccn1. The van der Waals surface area contributed by atoms with Gasteiger partial charge < -0.3 is 10.4 Å². The van der Waals surface area contributed by atoms with Crippen LogP contribution in [0.1, 0.15) is 24.5 Å². The normalized spacial score (nSPS) is 12.3. The summed E-state index contributed by atoms with van der Waals surface area (Å²) in [5.41, 5.74) is 0.755. The summed E-state index contributed by atoms with van der Waals surface area (Å²) in [5.74, 6) is 0.660. The number of nitrogens with one attached hydrogen (secondary N) is 1. The standard InChI is InChI=1S/C11H13N5O/c1-8(11-12-5-2-6-13-11)14-7-9-3-4-10(17)16-15-9/h2-6,8,14H,7H2,1H3,(H,16,17). The summed E-state index contributed by atoms with van der Waals surface area (Å²) in [5, 5.41) is 19.6. The van der Waals surface area contributed by atoms with Gasteiger partial charge in [0.2, 0.25) is 5.88 Å². The van der Waals surface area contributed by atoms with Gasteiger partial charge in [0.1, 0.15) is 5.82 Å². The van der Waals surface area contributed by atoms with E-state index in [2.05, 4.69) is 25.5 Å². The van der Waals surface area contributed by atoms with Crippen LogP contribution in [0.15, 0.2) is 30.6 Å². The van der Waals surface area contributed by atoms with Crippen molar-refractivity contribution in [2.24, 2.45) is 0 Å². The molecule has 0 fully saturated rings. The van der Waals surface area contributed by atoms with Gasteiger partial charge in [-0.3, -0.25) is 0 Å². The molecule has 0 saturated carbocycles. The maximum atomic E-state index is 9.00. The molecule has 2 rings (SSSR count). The van der Waals surface area contributed by atoms with Gasteiger partial charge in [0.25, 0.3) is 0 Å². The fourth-order valence-electron chi connectivity index (χ4n) is 1.33. The summed E-state index contributed by atoms with van der Waals surface area (Å²) in [7, 11) is 0. The lowest BCUT2D eigenvalue weighted by atomic mass is 10.3. The molecule has 6 nitrogen and oxygen atoms in total. The first-order valence-corrected chi connectivity index (χ1v) is 5.27. The second-order valence-corrected chi connectivity index (χ2v) is 3.59. The third kappa shape index (κ3) is 3.18. The summed E-state index contributed by atoms with van der Waals surface area (Å²) < 4.78 is 0. The van der Waals surface area contributed by atoms with Crippen molar-refractivity contribution in [3.8, 4) is 5.88 Å². The number of rotatable bonds is 4. The molecule has 0 aliphatic rings. The third-order valence-corrected chi connectivity index (χ3v) is 2.27. The van der Waals surface area contributed by atoms with Gasteiger partial charge in [-0.2, -0.15) is 5.10 Å². The highest BCUT2D eigenvalue weighted by Crippen LogP contribution is 2.06. The van der Waals surface area contributed by atoms with E-state index < -0.39 is 0 Å². The van der Waals surface area contributed by atoms with Gasteiger partial charge in [-0.05, 0) is 19.1 Å². The first kappa shape index (κ1) is 11.4. The summed E-state index contributed by atoms with van der Waals surface area (Å²) in [4.78, 5) is 8.31. The summed E-state index contributed by atoms with van der Waals surface area (Å²) >= 11 is 0. The van der Waals surface area contributed by atoms with E-state index in [0.717, 1.165) is 11.5 Å². The number of nitrogens with zero attached hydrogens (tertiary/aromatic N) is 4. The largest absolute Gasteiger partial charge is 0.492 e. The average molecular weight is 231 g/mol. The number of aromatic nitrogens is 4. The number of hydrogen-bond acceptors (Lipinski definition) is 6. The molecular weight excluding hydrogens is 218 g/mol. The molecule has 0 spiro atoms. The van der Waals surface area contributed by atoms with Gasteiger partial charge in [-0.1, -0.05) is 0 Å². The van der Waals surface area contributed by atoms with Gasteiger partial charge in [-0.15, -0.1) is 5.10 Å². The maximum absolute atomic E-state index is 9.00. The van der Waals surface area contributed by atoms with Crippen LogP contribution in [0.4, 0.5) is 0 Å². The molecule has 1 atom stereocenters. The van der Waals surface area contributed by atoms with Crippen molar-refractivity contribution in [1.82, 2.24) is 25.5 Å². The molecule has 2 aromatic heterocycles. The van der Waals surface area contributed by atoms with Crippen molar-refractivity contribution in [2.75, 3.05) is 0 Å². The van der Waals surface area contributed by atoms with Gasteiger partial charge in [0.05, 0.1) is 11.7 Å². The fraction of sp³-hybridized carbons (Fsp3) is 0.273. The molecule has 0 aliphatic carbocycles. The molecule has 2 aromatic rings. The minimum atomic E-state index is -0.0757. The highest BCUT2D eigenvalue weighted by atomic mass is 16.3. The van der Waals surface area contributed by atoms with Crippen molar-refractivity contribution >= 4 is 0 Å². The molecule has 0 saturated heterocycles. The molecule has 1 unspecified atom stereocenters. The quantitative estimate of drug-likeness (QED) is 0.810. The Kier molecular flexibility index (Phi) is 3.56. The monoisotopic (exact) mass is 231 g/mol. The molecule has 17 heavy (non-hydrogen) atoms. The van der Waals surface area contributed by atoms with E-state index >= 15 is 0 Å². The van der Waals surface area contributed by atoms with E-state index in [0.29, 0.717) is 6.54 Å². The van der Waals surface area contributed by atoms with Gasteiger partial charge in [-0.25, -0.2) is 9.97 Å². The van der Waals surface area contributed by atoms with Crippen LogP contribution in [-0.4, -0.2) is 25.3 Å². The summed E-state index contributed by atoms with van der Waals surface area (Å²) in [6.07, 6.45) is 3.42. The van der Waals surface area contributed by atoms with E-state index in [1.807, 2.05) is 6.92 Å². The lowest BCUT2D eigenvalue weighted by Gasteiger charge is -2.11. The molecule has 0 bridgehead atoms. The van der Waals surface area contributed by atoms with Gasteiger partial charge in [0, 0.05) is 25.0 Å². The Morgan fingerprint density at radius 2 is 2.00 bits per heavy atom. The Bertz CT molecular complexity index is 459. The second-order valence-electron chi connectivity index (χ2n) is 3.59. The second kappa shape index (κ2) is 5.31. The zero-order valence-corrected chi connectivity index (χ0v) is 9.41. The highest BCUT2D eigenvalue weighted by molar-refractivity contribution is 5.09. The van der Waals surface area contributed by atoms with Gasteiger partial charge in [0.15, 0.2) is 0 Å². The van der Waals surface area contributed by atoms with Crippen LogP contribution >= 0.6 is 0 Å². The van der Waals surface area contributed by atoms with Crippen LogP contribution in [0.5, 0.6) is 5.88 Å². The summed E-state index contributed by atoms with van der Waals surface area (Å²) in [6, 6.07) is 5.04. The molecule has 0 aromatic carbocycles. The van der Waals surface area contributed by atoms with Crippen LogP contribution in [-0.2, 0) is 6.54 Å². The van der Waals surface area contributed by atoms with Crippen molar-refractivity contribution in [2.45, 2.75) is 19.5 Å². The fourth-order valence-corrected chi connectivity index (χ4v) is 1.33. The Morgan fingerprint density at radius 1 is 1.24 bits per heavy atom. The van der Waals surface area contributed by atoms with Crippen molar-refractivity contribution in [1.29, 1.82) is 0 Å². The highest BCUT2D eigenvalue weighted by Gasteiger charge is 2.07. The zero-order chi connectivity index (χ0) is 12.1. The Labute approximate surface area is 98.8 Å². The summed E-state index contributed by atoms with van der Waals surface area (Å²) in [6.45, 7) is 2.52. The Morgan fingerprint density at radius 3 is 2.65 bits per heavy atom. The van der Waals surface area contributed by atoms with Gasteiger partial charge >= 0.3 is 0 Å². The lowest BCUT2D eigenvalue weighted by molar-refractivity contribution is 0.442. The number of hydrogen-bond donors (Lipinski definition) is 2. The first-order valence-electron chi connectivity index (χ1n) is 5.27. The predicted molar refractivity (Wildman–Crippen MR) is 61.0 cm³/mol. The minimum absolute atomic E-state index is 0.0341. The topological polar surface area (TPSA) is 83.8 Å². The van der Waals surface area contributed by atoms with E-state index in [4.69, 9.17) is 5.11 Å². The minimum Gasteiger partial charge on any atom is -0.492 e. The third-order valence-electron chi connectivity index (χ3n) is 2.27. The lowest BCUT2D eigenvalue weighted by Crippen LogP contribution is -2.20. The number of aromatic hydroxyl groups is 1. The Balaban J connectivity index is 1.92. The molecule has 2 heterocycles. The smallest absolute Gasteiger partial charge is 0.230 e. The van der Waals surface area contributed by atoms with Crippen LogP contribution in [0, 0.1) is 0 Å². The van der Waals surface area contributed by atoms with E-state index in [1.165, 1.54) is 6.07 Å². The first-order chi connectivity index (χ1) is 8.25. The molecular formula is C11H13N5O. The zero-order valence-electron chi connectivity index (χ0n) is 9.41. The molecule has 6 heteroatoms. The molecule has 0 aliphatic heterocycles. The van der Waals surface area contributed by atoms with Crippen LogP contribution in [0.2, 0.25) is 0 Å². The van der Waals surface area contributed by atoms with Crippen LogP contribution in [0.25, 0.3) is 0 Å². The van der Waals surface area contributed by atoms with Crippen LogP contribution < -0.4 is 5.32 Å². The van der Waals surface area contributed by atoms with E-state index in [-0.39, 0.29) is 11.9 Å². The van der Waals surface area contributed by atoms with Crippen molar-refractivity contribution in [3.05, 3.63) is 42.1 Å². The maximum Gasteiger partial charge on any atom is 0.230 e. The molecule has 0 amide bonds. The van der Waals surface area contributed by atoms with E-state index in [9.17, 15) is 0 Å². The van der Waals surface area contributed by atoms with Crippen molar-refractivity contribution < 1.29 is 5.11 Å².